The van der Waals surface area contributed by atoms with Crippen LogP contribution in [-0.2, 0) is 19.2 Å². The summed E-state index contributed by atoms with van der Waals surface area (Å²) in [4.78, 5) is 46.5. The van der Waals surface area contributed by atoms with Gasteiger partial charge in [0, 0.05) is 18.4 Å². The van der Waals surface area contributed by atoms with E-state index < -0.39 is 42.2 Å². The summed E-state index contributed by atoms with van der Waals surface area (Å²) in [6, 6.07) is -2.33. The van der Waals surface area contributed by atoms with Gasteiger partial charge in [0.15, 0.2) is 0 Å². The van der Waals surface area contributed by atoms with Crippen LogP contribution < -0.4 is 16.4 Å². The van der Waals surface area contributed by atoms with E-state index in [1.807, 2.05) is 0 Å². The zero-order valence-corrected chi connectivity index (χ0v) is 25.3. The number of carboxylic acid groups (broad SMARTS) is 1. The number of carboxylic acids is 1. The second-order valence-electron chi connectivity index (χ2n) is 11.3. The van der Waals surface area contributed by atoms with Gasteiger partial charge in [0.1, 0.15) is 12.1 Å². The first-order chi connectivity index (χ1) is 17.8. The van der Waals surface area contributed by atoms with Crippen molar-refractivity contribution >= 4 is 35.5 Å². The molecule has 220 valence electrons. The number of allylic oxidation sites excluding steroid dienone is 1. The first kappa shape index (κ1) is 36.0. The molecule has 0 aliphatic heterocycles. The van der Waals surface area contributed by atoms with E-state index in [9.17, 15) is 24.3 Å². The molecule has 0 saturated heterocycles. The minimum absolute atomic E-state index is 0.168. The summed E-state index contributed by atoms with van der Waals surface area (Å²) in [5.74, 6) is -0.0183. The van der Waals surface area contributed by atoms with Gasteiger partial charge in [-0.2, -0.15) is 11.8 Å². The fourth-order valence-electron chi connectivity index (χ4n) is 4.30. The van der Waals surface area contributed by atoms with Crippen molar-refractivity contribution in [2.24, 2.45) is 23.5 Å². The van der Waals surface area contributed by atoms with Crippen LogP contribution in [0.2, 0.25) is 0 Å². The van der Waals surface area contributed by atoms with Crippen molar-refractivity contribution in [3.63, 3.8) is 0 Å². The lowest BCUT2D eigenvalue weighted by molar-refractivity contribution is -0.141. The normalized spacial score (nSPS) is 15.0. The highest BCUT2D eigenvalue weighted by molar-refractivity contribution is 7.99. The number of primary amides is 1. The molecule has 0 heterocycles. The van der Waals surface area contributed by atoms with E-state index in [2.05, 4.69) is 51.3 Å². The van der Waals surface area contributed by atoms with Gasteiger partial charge in [-0.05, 0) is 37.5 Å². The molecule has 0 aromatic heterocycles. The Bertz CT molecular complexity index is 740. The number of hydrogen-bond donors (Lipinski definition) is 4. The second kappa shape index (κ2) is 20.9. The Labute approximate surface area is 234 Å². The maximum Gasteiger partial charge on any atom is 0.327 e. The van der Waals surface area contributed by atoms with Crippen molar-refractivity contribution in [3.05, 3.63) is 11.6 Å². The van der Waals surface area contributed by atoms with Gasteiger partial charge in [-0.25, -0.2) is 4.79 Å². The second-order valence-corrected chi connectivity index (χ2v) is 12.3. The molecule has 0 aliphatic carbocycles. The number of nitrogens with one attached hydrogen (secondary N) is 2. The number of hydrogen-bond acceptors (Lipinski definition) is 5. The Kier molecular flexibility index (Phi) is 19.8. The topological polar surface area (TPSA) is 139 Å². The van der Waals surface area contributed by atoms with E-state index in [1.54, 1.807) is 0 Å². The van der Waals surface area contributed by atoms with Crippen LogP contribution in [0.25, 0.3) is 0 Å². The van der Waals surface area contributed by atoms with Crippen LogP contribution in [0, 0.1) is 17.8 Å². The van der Waals surface area contributed by atoms with Gasteiger partial charge in [0.25, 0.3) is 0 Å². The largest absolute Gasteiger partial charge is 0.480 e. The third-order valence-corrected chi connectivity index (χ3v) is 7.66. The summed E-state index contributed by atoms with van der Waals surface area (Å²) in [5.41, 5.74) is 6.42. The van der Waals surface area contributed by atoms with E-state index >= 15 is 0 Å². The maximum absolute atomic E-state index is 12.4. The van der Waals surface area contributed by atoms with Crippen LogP contribution in [0.5, 0.6) is 0 Å². The first-order valence-corrected chi connectivity index (χ1v) is 15.3. The molecule has 4 unspecified atom stereocenters. The molecule has 5 N–H and O–H groups in total. The summed E-state index contributed by atoms with van der Waals surface area (Å²) in [7, 11) is 0. The van der Waals surface area contributed by atoms with Crippen LogP contribution in [0.3, 0.4) is 0 Å². The van der Waals surface area contributed by atoms with E-state index in [4.69, 9.17) is 5.73 Å². The van der Waals surface area contributed by atoms with Gasteiger partial charge in [-0.3, -0.25) is 14.4 Å². The lowest BCUT2D eigenvalue weighted by Gasteiger charge is -2.20. The number of amides is 3. The third kappa shape index (κ3) is 20.0. The lowest BCUT2D eigenvalue weighted by Crippen LogP contribution is -2.53. The van der Waals surface area contributed by atoms with Gasteiger partial charge >= 0.3 is 5.97 Å². The van der Waals surface area contributed by atoms with E-state index in [0.29, 0.717) is 5.75 Å². The highest BCUT2D eigenvalue weighted by Crippen LogP contribution is 2.22. The van der Waals surface area contributed by atoms with E-state index in [1.165, 1.54) is 69.2 Å². The number of nitrogens with two attached hydrogens (primary N) is 1. The fourth-order valence-corrected chi connectivity index (χ4v) is 5.30. The van der Waals surface area contributed by atoms with Crippen molar-refractivity contribution in [1.82, 2.24) is 10.6 Å². The Hall–Kier alpha value is -2.03. The van der Waals surface area contributed by atoms with E-state index in [-0.39, 0.29) is 5.75 Å². The molecule has 8 nitrogen and oxygen atoms in total. The number of rotatable bonds is 22. The Morgan fingerprint density at radius 1 is 0.842 bits per heavy atom. The molecule has 0 rings (SSSR count). The van der Waals surface area contributed by atoms with Gasteiger partial charge in [-0.1, -0.05) is 84.3 Å². The van der Waals surface area contributed by atoms with Gasteiger partial charge in [-0.15, -0.1) is 0 Å². The Morgan fingerprint density at radius 2 is 1.39 bits per heavy atom. The van der Waals surface area contributed by atoms with Crippen LogP contribution in [0.4, 0.5) is 0 Å². The molecule has 0 saturated carbocycles. The summed E-state index contributed by atoms with van der Waals surface area (Å²) in [6.07, 6.45) is 13.1. The summed E-state index contributed by atoms with van der Waals surface area (Å²) in [5, 5.41) is 14.2. The van der Waals surface area contributed by atoms with Crippen molar-refractivity contribution in [3.8, 4) is 0 Å². The summed E-state index contributed by atoms with van der Waals surface area (Å²) in [6.45, 7) is 12.6. The maximum atomic E-state index is 12.4. The molecule has 38 heavy (non-hydrogen) atoms. The van der Waals surface area contributed by atoms with Crippen molar-refractivity contribution in [2.75, 3.05) is 11.5 Å². The minimum atomic E-state index is -1.19. The summed E-state index contributed by atoms with van der Waals surface area (Å²) >= 11 is 1.41. The number of aliphatic carboxylic acids is 1. The number of thioether (sulfide) groups is 1. The molecular weight excluding hydrogens is 502 g/mol. The molecule has 0 aromatic rings. The lowest BCUT2D eigenvalue weighted by atomic mass is 9.91. The molecule has 0 aromatic carbocycles. The van der Waals surface area contributed by atoms with Crippen LogP contribution in [-0.4, -0.2) is 52.4 Å². The summed E-state index contributed by atoms with van der Waals surface area (Å²) < 4.78 is 0. The molecule has 0 bridgehead atoms. The highest BCUT2D eigenvalue weighted by Gasteiger charge is 2.27. The average Bonchev–Trinajstić information content (AvgIpc) is 2.79. The van der Waals surface area contributed by atoms with E-state index in [0.717, 1.165) is 30.6 Å². The molecule has 0 fully saturated rings. The third-order valence-electron chi connectivity index (χ3n) is 6.69. The molecular formula is C29H53N3O5S. The Balaban J connectivity index is 4.29. The highest BCUT2D eigenvalue weighted by atomic mass is 32.2. The molecule has 0 aliphatic rings. The first-order valence-electron chi connectivity index (χ1n) is 14.1. The quantitative estimate of drug-likeness (QED) is 0.109. The molecule has 0 radical (unpaired) electrons. The fraction of sp³-hybridized carbons (Fsp3) is 0.793. The van der Waals surface area contributed by atoms with Crippen LogP contribution in [0.15, 0.2) is 11.6 Å². The standard InChI is InChI=1S/C29H53N3O5S/c1-20(2)10-7-11-21(3)12-8-13-22(4)14-9-15-23(5)16-17-38-19-26(29(36)37)32-28(35)25(18-27(30)34)31-24(6)33/h16,20-22,25-26H,7-15,17-19H2,1-6H3,(H2,30,34)(H,31,33)(H,32,35)(H,36,37)/b23-16+. The SMILES string of the molecule is CC(=O)NC(CC(N)=O)C(=O)NC(CSC/C=C(\C)CCCC(C)CCCC(C)CCCC(C)C)C(=O)O. The zero-order valence-electron chi connectivity index (χ0n) is 24.5. The average molecular weight is 556 g/mol. The van der Waals surface area contributed by atoms with Gasteiger partial charge in [0.05, 0.1) is 6.42 Å². The monoisotopic (exact) mass is 555 g/mol. The molecule has 9 heteroatoms. The molecule has 3 amide bonds. The zero-order chi connectivity index (χ0) is 29.1. The number of carbonyl (C=O) groups is 4. The van der Waals surface area contributed by atoms with Crippen molar-refractivity contribution < 1.29 is 24.3 Å². The van der Waals surface area contributed by atoms with Gasteiger partial charge in [0.2, 0.25) is 17.7 Å². The predicted molar refractivity (Wildman–Crippen MR) is 157 cm³/mol. The predicted octanol–water partition coefficient (Wildman–Crippen LogP) is 5.05. The van der Waals surface area contributed by atoms with Crippen molar-refractivity contribution in [2.45, 2.75) is 118 Å². The molecule has 0 spiro atoms. The smallest absolute Gasteiger partial charge is 0.327 e. The van der Waals surface area contributed by atoms with Crippen molar-refractivity contribution in [1.29, 1.82) is 0 Å². The Morgan fingerprint density at radius 3 is 1.89 bits per heavy atom. The number of carbonyl (C=O) groups excluding carboxylic acids is 3. The van der Waals surface area contributed by atoms with Crippen LogP contribution in [0.1, 0.15) is 106 Å². The van der Waals surface area contributed by atoms with Crippen LogP contribution >= 0.6 is 11.8 Å². The minimum Gasteiger partial charge on any atom is -0.480 e. The molecule has 4 atom stereocenters. The van der Waals surface area contributed by atoms with Gasteiger partial charge < -0.3 is 21.5 Å².